The molecule has 0 radical (unpaired) electrons. The van der Waals surface area contributed by atoms with Crippen LogP contribution in [-0.2, 0) is 16.1 Å². The smallest absolute Gasteiger partial charge is 0.412 e. The highest BCUT2D eigenvalue weighted by Gasteiger charge is 2.36. The predicted molar refractivity (Wildman–Crippen MR) is 83.1 cm³/mol. The third-order valence-corrected chi connectivity index (χ3v) is 3.89. The fourth-order valence-electron chi connectivity index (χ4n) is 2.62. The van der Waals surface area contributed by atoms with E-state index in [0.29, 0.717) is 0 Å². The SMILES string of the molecule is C[C@H]1[C@H](c2ccccc2)OCN1C(=O)OCc1ccccc1. The molecule has 0 saturated carbocycles. The third-order valence-electron chi connectivity index (χ3n) is 3.89. The Bertz CT molecular complexity index is 615. The predicted octanol–water partition coefficient (Wildman–Crippen LogP) is 3.74. The minimum atomic E-state index is -0.338. The van der Waals surface area contributed by atoms with E-state index >= 15 is 0 Å². The van der Waals surface area contributed by atoms with E-state index in [4.69, 9.17) is 9.47 Å². The molecule has 4 nitrogen and oxygen atoms in total. The van der Waals surface area contributed by atoms with Crippen molar-refractivity contribution in [3.8, 4) is 0 Å². The number of carbonyl (C=O) groups excluding carboxylic acids is 1. The zero-order valence-electron chi connectivity index (χ0n) is 12.5. The van der Waals surface area contributed by atoms with Gasteiger partial charge in [-0.2, -0.15) is 0 Å². The first-order valence-electron chi connectivity index (χ1n) is 7.39. The van der Waals surface area contributed by atoms with Crippen LogP contribution in [0.3, 0.4) is 0 Å². The molecule has 1 saturated heterocycles. The van der Waals surface area contributed by atoms with Crippen molar-refractivity contribution in [2.75, 3.05) is 6.73 Å². The lowest BCUT2D eigenvalue weighted by Gasteiger charge is -2.21. The van der Waals surface area contributed by atoms with E-state index in [1.807, 2.05) is 67.6 Å². The van der Waals surface area contributed by atoms with Gasteiger partial charge in [-0.3, -0.25) is 4.90 Å². The monoisotopic (exact) mass is 297 g/mol. The van der Waals surface area contributed by atoms with Gasteiger partial charge in [0, 0.05) is 0 Å². The van der Waals surface area contributed by atoms with Gasteiger partial charge in [0.05, 0.1) is 6.04 Å². The summed E-state index contributed by atoms with van der Waals surface area (Å²) in [7, 11) is 0. The van der Waals surface area contributed by atoms with E-state index < -0.39 is 0 Å². The van der Waals surface area contributed by atoms with E-state index in [-0.39, 0.29) is 31.6 Å². The fourth-order valence-corrected chi connectivity index (χ4v) is 2.62. The van der Waals surface area contributed by atoms with Crippen LogP contribution in [0.4, 0.5) is 4.79 Å². The van der Waals surface area contributed by atoms with Crippen LogP contribution in [0.2, 0.25) is 0 Å². The lowest BCUT2D eigenvalue weighted by atomic mass is 10.0. The Hall–Kier alpha value is -2.33. The van der Waals surface area contributed by atoms with Gasteiger partial charge in [-0.25, -0.2) is 4.79 Å². The molecule has 1 heterocycles. The first-order valence-corrected chi connectivity index (χ1v) is 7.39. The molecule has 0 N–H and O–H groups in total. The minimum absolute atomic E-state index is 0.0503. The molecule has 0 spiro atoms. The van der Waals surface area contributed by atoms with Crippen molar-refractivity contribution in [3.63, 3.8) is 0 Å². The van der Waals surface area contributed by atoms with Gasteiger partial charge in [0.15, 0.2) is 0 Å². The summed E-state index contributed by atoms with van der Waals surface area (Å²) in [5, 5.41) is 0. The minimum Gasteiger partial charge on any atom is -0.444 e. The van der Waals surface area contributed by atoms with E-state index in [0.717, 1.165) is 11.1 Å². The molecule has 1 aliphatic heterocycles. The number of hydrogen-bond acceptors (Lipinski definition) is 3. The van der Waals surface area contributed by atoms with E-state index in [1.165, 1.54) is 0 Å². The Morgan fingerprint density at radius 2 is 1.77 bits per heavy atom. The summed E-state index contributed by atoms with van der Waals surface area (Å²) in [6, 6.07) is 19.6. The summed E-state index contributed by atoms with van der Waals surface area (Å²) in [4.78, 5) is 13.9. The van der Waals surface area contributed by atoms with Gasteiger partial charge in [0.25, 0.3) is 0 Å². The number of benzene rings is 2. The van der Waals surface area contributed by atoms with E-state index in [2.05, 4.69) is 0 Å². The van der Waals surface area contributed by atoms with Crippen molar-refractivity contribution >= 4 is 6.09 Å². The van der Waals surface area contributed by atoms with Crippen molar-refractivity contribution in [1.29, 1.82) is 0 Å². The second-order valence-electron chi connectivity index (χ2n) is 5.38. The van der Waals surface area contributed by atoms with Crippen LogP contribution in [0.1, 0.15) is 24.2 Å². The Morgan fingerprint density at radius 3 is 2.45 bits per heavy atom. The molecule has 1 aliphatic rings. The zero-order chi connectivity index (χ0) is 15.4. The van der Waals surface area contributed by atoms with Crippen molar-refractivity contribution < 1.29 is 14.3 Å². The highest BCUT2D eigenvalue weighted by atomic mass is 16.6. The Morgan fingerprint density at radius 1 is 1.14 bits per heavy atom. The van der Waals surface area contributed by atoms with E-state index in [1.54, 1.807) is 4.90 Å². The van der Waals surface area contributed by atoms with Gasteiger partial charge in [-0.05, 0) is 18.1 Å². The highest BCUT2D eigenvalue weighted by Crippen LogP contribution is 2.31. The molecule has 114 valence electrons. The quantitative estimate of drug-likeness (QED) is 0.866. The summed E-state index contributed by atoms with van der Waals surface area (Å²) < 4.78 is 11.1. The second-order valence-corrected chi connectivity index (χ2v) is 5.38. The Balaban J connectivity index is 1.60. The van der Waals surface area contributed by atoms with Gasteiger partial charge in [-0.15, -0.1) is 0 Å². The number of rotatable bonds is 3. The molecule has 0 aromatic heterocycles. The van der Waals surface area contributed by atoms with Crippen LogP contribution in [-0.4, -0.2) is 23.8 Å². The van der Waals surface area contributed by atoms with Gasteiger partial charge in [0.2, 0.25) is 0 Å². The summed E-state index contributed by atoms with van der Waals surface area (Å²) >= 11 is 0. The van der Waals surface area contributed by atoms with Gasteiger partial charge < -0.3 is 9.47 Å². The Kier molecular flexibility index (Phi) is 4.39. The van der Waals surface area contributed by atoms with Crippen molar-refractivity contribution in [2.24, 2.45) is 0 Å². The summed E-state index contributed by atoms with van der Waals surface area (Å²) in [6.07, 6.45) is -0.444. The molecule has 0 bridgehead atoms. The van der Waals surface area contributed by atoms with Crippen molar-refractivity contribution in [1.82, 2.24) is 4.90 Å². The lowest BCUT2D eigenvalue weighted by molar-refractivity contribution is 0.0677. The largest absolute Gasteiger partial charge is 0.444 e. The van der Waals surface area contributed by atoms with Crippen LogP contribution in [0, 0.1) is 0 Å². The van der Waals surface area contributed by atoms with Crippen LogP contribution < -0.4 is 0 Å². The molecule has 2 aromatic carbocycles. The molecule has 22 heavy (non-hydrogen) atoms. The molecule has 2 atom stereocenters. The number of ether oxygens (including phenoxy) is 2. The van der Waals surface area contributed by atoms with Crippen molar-refractivity contribution in [3.05, 3.63) is 71.8 Å². The van der Waals surface area contributed by atoms with Crippen LogP contribution in [0.5, 0.6) is 0 Å². The number of carbonyl (C=O) groups is 1. The maximum atomic E-state index is 12.2. The van der Waals surface area contributed by atoms with E-state index in [9.17, 15) is 4.79 Å². The fraction of sp³-hybridized carbons (Fsp3) is 0.278. The first-order chi connectivity index (χ1) is 10.8. The van der Waals surface area contributed by atoms with Crippen LogP contribution in [0.25, 0.3) is 0 Å². The lowest BCUT2D eigenvalue weighted by Crippen LogP contribution is -2.35. The number of nitrogens with zero attached hydrogens (tertiary/aromatic N) is 1. The van der Waals surface area contributed by atoms with Crippen LogP contribution >= 0.6 is 0 Å². The second kappa shape index (κ2) is 6.62. The normalized spacial score (nSPS) is 20.9. The standard InChI is InChI=1S/C18H19NO3/c1-14-17(16-10-6-3-7-11-16)22-13-19(14)18(20)21-12-15-8-4-2-5-9-15/h2-11,14,17H,12-13H2,1H3/t14-,17+/m0/s1. The maximum absolute atomic E-state index is 12.2. The number of amides is 1. The third kappa shape index (κ3) is 3.12. The topological polar surface area (TPSA) is 38.8 Å². The summed E-state index contributed by atoms with van der Waals surface area (Å²) in [5.74, 6) is 0. The number of hydrogen-bond donors (Lipinski definition) is 0. The van der Waals surface area contributed by atoms with Crippen LogP contribution in [0.15, 0.2) is 60.7 Å². The Labute approximate surface area is 130 Å². The van der Waals surface area contributed by atoms with Gasteiger partial charge in [0.1, 0.15) is 19.4 Å². The molecule has 2 aromatic rings. The molecular weight excluding hydrogens is 278 g/mol. The molecule has 3 rings (SSSR count). The molecule has 0 aliphatic carbocycles. The molecule has 1 fully saturated rings. The summed E-state index contributed by atoms with van der Waals surface area (Å²) in [6.45, 7) is 2.52. The molecule has 1 amide bonds. The molecule has 4 heteroatoms. The maximum Gasteiger partial charge on any atom is 0.412 e. The van der Waals surface area contributed by atoms with Gasteiger partial charge >= 0.3 is 6.09 Å². The molecular formula is C18H19NO3. The summed E-state index contributed by atoms with van der Waals surface area (Å²) in [5.41, 5.74) is 2.05. The highest BCUT2D eigenvalue weighted by molar-refractivity contribution is 5.68. The average Bonchev–Trinajstić information content (AvgIpc) is 2.96. The average molecular weight is 297 g/mol. The molecule has 0 unspecified atom stereocenters. The first kappa shape index (κ1) is 14.6. The van der Waals surface area contributed by atoms with Gasteiger partial charge in [-0.1, -0.05) is 60.7 Å². The van der Waals surface area contributed by atoms with Crippen molar-refractivity contribution in [2.45, 2.75) is 25.7 Å². The zero-order valence-corrected chi connectivity index (χ0v) is 12.5.